The monoisotopic (exact) mass is 227 g/mol. The molecule has 0 saturated carbocycles. The van der Waals surface area contributed by atoms with Gasteiger partial charge in [0, 0.05) is 13.1 Å². The fraction of sp³-hybridized carbons (Fsp3) is 0.917. The zero-order valence-electron chi connectivity index (χ0n) is 10.9. The first-order valence-electron chi connectivity index (χ1n) is 6.20. The highest BCUT2D eigenvalue weighted by Crippen LogP contribution is 2.29. The Morgan fingerprint density at radius 2 is 1.94 bits per heavy atom. The average Bonchev–Trinajstić information content (AvgIpc) is 2.25. The Morgan fingerprint density at radius 1 is 1.44 bits per heavy atom. The normalized spacial score (nSPS) is 30.8. The molecule has 0 aromatic heterocycles. The predicted octanol–water partition coefficient (Wildman–Crippen LogP) is 1.12. The van der Waals surface area contributed by atoms with Gasteiger partial charge in [0.05, 0.1) is 5.54 Å². The van der Waals surface area contributed by atoms with E-state index in [4.69, 9.17) is 5.84 Å². The first-order chi connectivity index (χ1) is 7.43. The molecule has 4 nitrogen and oxygen atoms in total. The fourth-order valence-electron chi connectivity index (χ4n) is 2.75. The quantitative estimate of drug-likeness (QED) is 0.431. The number of carbonyl (C=O) groups excluding carboxylic acids is 1. The molecule has 0 aromatic carbocycles. The van der Waals surface area contributed by atoms with E-state index in [-0.39, 0.29) is 5.91 Å². The number of piperidine rings is 1. The second-order valence-corrected chi connectivity index (χ2v) is 5.45. The minimum Gasteiger partial charge on any atom is -0.293 e. The van der Waals surface area contributed by atoms with Gasteiger partial charge < -0.3 is 0 Å². The Hall–Kier alpha value is -0.610. The smallest absolute Gasteiger partial charge is 0.254 e. The number of nitrogens with two attached hydrogens (primary N) is 1. The lowest BCUT2D eigenvalue weighted by Gasteiger charge is -2.45. The SMILES string of the molecule is CC[C@](C)(C(=O)NN)N1C[C@H](C)C[C@H](C)C1. The van der Waals surface area contributed by atoms with Crippen molar-refractivity contribution in [1.29, 1.82) is 0 Å². The summed E-state index contributed by atoms with van der Waals surface area (Å²) in [5.41, 5.74) is 1.84. The molecule has 3 atom stereocenters. The van der Waals surface area contributed by atoms with Crippen LogP contribution in [-0.4, -0.2) is 29.4 Å². The predicted molar refractivity (Wildman–Crippen MR) is 65.5 cm³/mol. The van der Waals surface area contributed by atoms with Crippen molar-refractivity contribution in [3.8, 4) is 0 Å². The third-order valence-corrected chi connectivity index (χ3v) is 3.88. The van der Waals surface area contributed by atoms with Crippen LogP contribution in [0.3, 0.4) is 0 Å². The van der Waals surface area contributed by atoms with E-state index < -0.39 is 5.54 Å². The van der Waals surface area contributed by atoms with E-state index in [1.165, 1.54) is 6.42 Å². The van der Waals surface area contributed by atoms with Gasteiger partial charge in [0.2, 0.25) is 0 Å². The van der Waals surface area contributed by atoms with Crippen LogP contribution in [0.2, 0.25) is 0 Å². The molecule has 0 radical (unpaired) electrons. The van der Waals surface area contributed by atoms with Crippen LogP contribution in [0.4, 0.5) is 0 Å². The van der Waals surface area contributed by atoms with Gasteiger partial charge in [-0.15, -0.1) is 0 Å². The molecule has 1 saturated heterocycles. The van der Waals surface area contributed by atoms with E-state index in [1.807, 2.05) is 13.8 Å². The molecule has 1 rings (SSSR count). The summed E-state index contributed by atoms with van der Waals surface area (Å²) in [6.07, 6.45) is 2.04. The lowest BCUT2D eigenvalue weighted by Crippen LogP contribution is -2.61. The van der Waals surface area contributed by atoms with Crippen LogP contribution in [0.25, 0.3) is 0 Å². The van der Waals surface area contributed by atoms with Gasteiger partial charge in [-0.1, -0.05) is 20.8 Å². The average molecular weight is 227 g/mol. The minimum absolute atomic E-state index is 0.0729. The van der Waals surface area contributed by atoms with E-state index in [0.29, 0.717) is 11.8 Å². The fourth-order valence-corrected chi connectivity index (χ4v) is 2.75. The van der Waals surface area contributed by atoms with Crippen LogP contribution in [0.15, 0.2) is 0 Å². The molecule has 1 aliphatic heterocycles. The molecule has 16 heavy (non-hydrogen) atoms. The van der Waals surface area contributed by atoms with Crippen molar-refractivity contribution in [3.63, 3.8) is 0 Å². The molecule has 0 bridgehead atoms. The Kier molecular flexibility index (Phi) is 4.33. The first-order valence-corrected chi connectivity index (χ1v) is 6.20. The van der Waals surface area contributed by atoms with E-state index in [2.05, 4.69) is 24.2 Å². The Labute approximate surface area is 98.5 Å². The molecule has 1 fully saturated rings. The maximum Gasteiger partial charge on any atom is 0.254 e. The number of amides is 1. The highest BCUT2D eigenvalue weighted by atomic mass is 16.2. The molecule has 4 heteroatoms. The standard InChI is InChI=1S/C12H25N3O/c1-5-12(4,11(16)14-13)15-7-9(2)6-10(3)8-15/h9-10H,5-8,13H2,1-4H3,(H,14,16)/t9-,10+,12-/m1/s1. The molecule has 94 valence electrons. The highest BCUT2D eigenvalue weighted by Gasteiger charge is 2.40. The summed E-state index contributed by atoms with van der Waals surface area (Å²) < 4.78 is 0. The number of carbonyl (C=O) groups is 1. The highest BCUT2D eigenvalue weighted by molar-refractivity contribution is 5.85. The van der Waals surface area contributed by atoms with E-state index in [0.717, 1.165) is 19.5 Å². The Balaban J connectivity index is 2.83. The number of nitrogens with one attached hydrogen (secondary N) is 1. The van der Waals surface area contributed by atoms with Gasteiger partial charge in [0.25, 0.3) is 5.91 Å². The van der Waals surface area contributed by atoms with Gasteiger partial charge >= 0.3 is 0 Å². The third kappa shape index (κ3) is 2.55. The van der Waals surface area contributed by atoms with E-state index in [9.17, 15) is 4.79 Å². The van der Waals surface area contributed by atoms with Crippen LogP contribution in [-0.2, 0) is 4.79 Å². The zero-order valence-corrected chi connectivity index (χ0v) is 10.9. The van der Waals surface area contributed by atoms with Gasteiger partial charge in [-0.25, -0.2) is 5.84 Å². The lowest BCUT2D eigenvalue weighted by molar-refractivity contribution is -0.135. The molecule has 0 aliphatic carbocycles. The summed E-state index contributed by atoms with van der Waals surface area (Å²) in [5, 5.41) is 0. The lowest BCUT2D eigenvalue weighted by atomic mass is 9.86. The molecule has 0 spiro atoms. The van der Waals surface area contributed by atoms with Crippen LogP contribution in [0.5, 0.6) is 0 Å². The third-order valence-electron chi connectivity index (χ3n) is 3.88. The van der Waals surface area contributed by atoms with Crippen molar-refractivity contribution in [2.75, 3.05) is 13.1 Å². The summed E-state index contributed by atoms with van der Waals surface area (Å²) in [4.78, 5) is 14.2. The van der Waals surface area contributed by atoms with Gasteiger partial charge in [-0.05, 0) is 31.6 Å². The van der Waals surface area contributed by atoms with Crippen LogP contribution >= 0.6 is 0 Å². The molecule has 0 unspecified atom stereocenters. The summed E-state index contributed by atoms with van der Waals surface area (Å²) >= 11 is 0. The van der Waals surface area contributed by atoms with E-state index >= 15 is 0 Å². The number of hydrogen-bond donors (Lipinski definition) is 2. The first kappa shape index (κ1) is 13.5. The summed E-state index contributed by atoms with van der Waals surface area (Å²) in [6.45, 7) is 10.5. The largest absolute Gasteiger partial charge is 0.293 e. The maximum absolute atomic E-state index is 11.9. The number of likely N-dealkylation sites (tertiary alicyclic amines) is 1. The second kappa shape index (κ2) is 5.15. The molecular weight excluding hydrogens is 202 g/mol. The molecule has 3 N–H and O–H groups in total. The van der Waals surface area contributed by atoms with Crippen LogP contribution < -0.4 is 11.3 Å². The van der Waals surface area contributed by atoms with Crippen molar-refractivity contribution in [1.82, 2.24) is 10.3 Å². The van der Waals surface area contributed by atoms with Gasteiger partial charge in [0.1, 0.15) is 0 Å². The van der Waals surface area contributed by atoms with Crippen molar-refractivity contribution < 1.29 is 4.79 Å². The van der Waals surface area contributed by atoms with Gasteiger partial charge in [-0.3, -0.25) is 15.1 Å². The summed E-state index contributed by atoms with van der Waals surface area (Å²) in [7, 11) is 0. The molecule has 0 aromatic rings. The van der Waals surface area contributed by atoms with Crippen molar-refractivity contribution in [2.24, 2.45) is 17.7 Å². The van der Waals surface area contributed by atoms with Gasteiger partial charge in [0.15, 0.2) is 0 Å². The number of rotatable bonds is 3. The Morgan fingerprint density at radius 3 is 2.31 bits per heavy atom. The van der Waals surface area contributed by atoms with Crippen molar-refractivity contribution >= 4 is 5.91 Å². The van der Waals surface area contributed by atoms with Gasteiger partial charge in [-0.2, -0.15) is 0 Å². The molecule has 1 amide bonds. The topological polar surface area (TPSA) is 58.4 Å². The Bertz CT molecular complexity index is 247. The van der Waals surface area contributed by atoms with Crippen molar-refractivity contribution in [3.05, 3.63) is 0 Å². The molecule has 1 heterocycles. The number of hydrogen-bond acceptors (Lipinski definition) is 3. The zero-order chi connectivity index (χ0) is 12.3. The minimum atomic E-state index is -0.461. The summed E-state index contributed by atoms with van der Waals surface area (Å²) in [6, 6.07) is 0. The number of nitrogens with zero attached hydrogens (tertiary/aromatic N) is 1. The molecular formula is C12H25N3O. The van der Waals surface area contributed by atoms with Crippen LogP contribution in [0.1, 0.15) is 40.5 Å². The van der Waals surface area contributed by atoms with E-state index in [1.54, 1.807) is 0 Å². The van der Waals surface area contributed by atoms with Crippen LogP contribution in [0, 0.1) is 11.8 Å². The molecule has 1 aliphatic rings. The van der Waals surface area contributed by atoms with Crippen molar-refractivity contribution in [2.45, 2.75) is 46.1 Å². The second-order valence-electron chi connectivity index (χ2n) is 5.45. The summed E-state index contributed by atoms with van der Waals surface area (Å²) in [5.74, 6) is 6.52. The maximum atomic E-state index is 11.9. The number of hydrazine groups is 1.